The van der Waals surface area contributed by atoms with Crippen LogP contribution < -0.4 is 9.62 Å². The molecule has 1 unspecified atom stereocenters. The van der Waals surface area contributed by atoms with E-state index in [0.29, 0.717) is 29.2 Å². The van der Waals surface area contributed by atoms with Crippen LogP contribution in [0.25, 0.3) is 11.0 Å². The highest BCUT2D eigenvalue weighted by Crippen LogP contribution is 2.32. The molecule has 10 heteroatoms. The van der Waals surface area contributed by atoms with Gasteiger partial charge in [-0.25, -0.2) is 23.1 Å². The average molecular weight is 574 g/mol. The number of hydrogen-bond donors (Lipinski definition) is 1. The van der Waals surface area contributed by atoms with Crippen molar-refractivity contribution in [2.45, 2.75) is 44.6 Å². The molecule has 1 aliphatic carbocycles. The molecule has 5 rings (SSSR count). The van der Waals surface area contributed by atoms with Gasteiger partial charge in [-0.05, 0) is 56.2 Å². The number of rotatable bonds is 9. The number of ketones is 1. The number of sulfonamides is 1. The number of benzene rings is 2. The van der Waals surface area contributed by atoms with Gasteiger partial charge in [0.25, 0.3) is 0 Å². The van der Waals surface area contributed by atoms with E-state index in [1.54, 1.807) is 35.0 Å². The monoisotopic (exact) mass is 573 g/mol. The smallest absolute Gasteiger partial charge is 0.239 e. The van der Waals surface area contributed by atoms with E-state index in [2.05, 4.69) is 19.6 Å². The van der Waals surface area contributed by atoms with Gasteiger partial charge >= 0.3 is 0 Å². The number of aromatic nitrogens is 3. The quantitative estimate of drug-likeness (QED) is 0.290. The fourth-order valence-corrected chi connectivity index (χ4v) is 6.17. The summed E-state index contributed by atoms with van der Waals surface area (Å²) in [5.41, 5.74) is 2.44. The van der Waals surface area contributed by atoms with Gasteiger partial charge in [0.05, 0.1) is 17.6 Å². The molecule has 1 N–H and O–H groups in total. The number of nitrogens with zero attached hydrogens (tertiary/aromatic N) is 4. The standard InChI is InChI=1S/C31H35N5O4S/c1-21(24-10-7-11-25(18-24)28(37)23-8-5-4-6-9-23)31(38)36-17-16-27-29(32-20-33-30(27)36)35(2)26-14-12-22(13-15-26)19-34-41(3,39)40/h4-11,16-18,20-22,26,34H,12-15,19H2,1-3H3. The molecule has 2 aromatic heterocycles. The van der Waals surface area contributed by atoms with E-state index in [0.717, 1.165) is 42.5 Å². The first-order chi connectivity index (χ1) is 19.6. The lowest BCUT2D eigenvalue weighted by atomic mass is 9.85. The second-order valence-corrected chi connectivity index (χ2v) is 12.7. The molecule has 0 radical (unpaired) electrons. The molecule has 0 bridgehead atoms. The largest absolute Gasteiger partial charge is 0.356 e. The fraction of sp³-hybridized carbons (Fsp3) is 0.355. The van der Waals surface area contributed by atoms with E-state index < -0.39 is 15.9 Å². The molecule has 2 aromatic carbocycles. The molecule has 1 atom stereocenters. The third-order valence-electron chi connectivity index (χ3n) is 8.09. The Morgan fingerprint density at radius 1 is 1.00 bits per heavy atom. The molecular weight excluding hydrogens is 538 g/mol. The summed E-state index contributed by atoms with van der Waals surface area (Å²) in [7, 11) is -1.18. The number of fused-ring (bicyclic) bond motifs is 1. The molecule has 214 valence electrons. The summed E-state index contributed by atoms with van der Waals surface area (Å²) < 4.78 is 27.1. The van der Waals surface area contributed by atoms with Gasteiger partial charge in [0, 0.05) is 37.0 Å². The number of anilines is 1. The van der Waals surface area contributed by atoms with Crippen molar-refractivity contribution in [3.63, 3.8) is 0 Å². The zero-order valence-corrected chi connectivity index (χ0v) is 24.3. The predicted octanol–water partition coefficient (Wildman–Crippen LogP) is 4.65. The second kappa shape index (κ2) is 11.9. The van der Waals surface area contributed by atoms with Crippen LogP contribution in [0.5, 0.6) is 0 Å². The number of nitrogens with one attached hydrogen (secondary N) is 1. The molecule has 0 amide bonds. The van der Waals surface area contributed by atoms with Crippen LogP contribution in [-0.2, 0) is 10.0 Å². The minimum absolute atomic E-state index is 0.0837. The van der Waals surface area contributed by atoms with Crippen LogP contribution in [0.4, 0.5) is 5.82 Å². The summed E-state index contributed by atoms with van der Waals surface area (Å²) in [6.45, 7) is 2.31. The second-order valence-electron chi connectivity index (χ2n) is 10.9. The molecule has 2 heterocycles. The highest BCUT2D eigenvalue weighted by atomic mass is 32.2. The van der Waals surface area contributed by atoms with Gasteiger partial charge in [-0.2, -0.15) is 0 Å². The first kappa shape index (κ1) is 28.6. The van der Waals surface area contributed by atoms with Crippen molar-refractivity contribution in [1.29, 1.82) is 0 Å². The lowest BCUT2D eigenvalue weighted by Gasteiger charge is -2.35. The number of carbonyl (C=O) groups excluding carboxylic acids is 2. The molecule has 9 nitrogen and oxygen atoms in total. The van der Waals surface area contributed by atoms with Crippen molar-refractivity contribution in [3.05, 3.63) is 89.9 Å². The van der Waals surface area contributed by atoms with Crippen LogP contribution in [-0.4, -0.2) is 60.5 Å². The zero-order valence-electron chi connectivity index (χ0n) is 23.5. The van der Waals surface area contributed by atoms with Crippen LogP contribution in [0.3, 0.4) is 0 Å². The van der Waals surface area contributed by atoms with Crippen molar-refractivity contribution in [2.75, 3.05) is 24.7 Å². The SMILES string of the molecule is CC(C(=O)n1ccc2c(N(C)C3CCC(CNS(C)(=O)=O)CC3)ncnc21)c1cccc(C(=O)c2ccccc2)c1. The molecular formula is C31H35N5O4S. The van der Waals surface area contributed by atoms with Crippen molar-refractivity contribution in [2.24, 2.45) is 5.92 Å². The summed E-state index contributed by atoms with van der Waals surface area (Å²) in [5.74, 6) is 0.361. The molecule has 0 spiro atoms. The first-order valence-corrected chi connectivity index (χ1v) is 15.7. The Bertz CT molecular complexity index is 1660. The van der Waals surface area contributed by atoms with E-state index in [1.807, 2.05) is 50.4 Å². The fourth-order valence-electron chi connectivity index (χ4n) is 5.63. The number of hydrogen-bond acceptors (Lipinski definition) is 7. The van der Waals surface area contributed by atoms with E-state index in [4.69, 9.17) is 0 Å². The molecule has 1 aliphatic rings. The lowest BCUT2D eigenvalue weighted by molar-refractivity contribution is 0.0888. The Hall–Kier alpha value is -3.89. The first-order valence-electron chi connectivity index (χ1n) is 13.9. The van der Waals surface area contributed by atoms with E-state index >= 15 is 0 Å². The summed E-state index contributed by atoms with van der Waals surface area (Å²) in [6, 6.07) is 18.5. The van der Waals surface area contributed by atoms with Crippen LogP contribution in [0.15, 0.2) is 73.2 Å². The van der Waals surface area contributed by atoms with Gasteiger partial charge < -0.3 is 4.90 Å². The Balaban J connectivity index is 1.32. The Morgan fingerprint density at radius 3 is 2.41 bits per heavy atom. The molecule has 1 fully saturated rings. The number of carbonyl (C=O) groups is 2. The Kier molecular flexibility index (Phi) is 8.32. The van der Waals surface area contributed by atoms with Gasteiger partial charge in [-0.3, -0.25) is 14.2 Å². The van der Waals surface area contributed by atoms with Crippen molar-refractivity contribution in [3.8, 4) is 0 Å². The third-order valence-corrected chi connectivity index (χ3v) is 8.78. The van der Waals surface area contributed by atoms with Crippen LogP contribution >= 0.6 is 0 Å². The van der Waals surface area contributed by atoms with Crippen LogP contribution in [0.1, 0.15) is 64.8 Å². The zero-order chi connectivity index (χ0) is 29.1. The molecule has 0 saturated heterocycles. The molecule has 4 aromatic rings. The van der Waals surface area contributed by atoms with Crippen LogP contribution in [0.2, 0.25) is 0 Å². The lowest BCUT2D eigenvalue weighted by Crippen LogP contribution is -2.38. The average Bonchev–Trinajstić information content (AvgIpc) is 3.43. The highest BCUT2D eigenvalue weighted by Gasteiger charge is 2.27. The summed E-state index contributed by atoms with van der Waals surface area (Å²) in [4.78, 5) is 37.8. The minimum Gasteiger partial charge on any atom is -0.356 e. The predicted molar refractivity (Wildman–Crippen MR) is 160 cm³/mol. The minimum atomic E-state index is -3.19. The van der Waals surface area contributed by atoms with E-state index in [9.17, 15) is 18.0 Å². The van der Waals surface area contributed by atoms with Gasteiger partial charge in [-0.15, -0.1) is 0 Å². The Labute approximate surface area is 240 Å². The van der Waals surface area contributed by atoms with Gasteiger partial charge in [0.15, 0.2) is 11.4 Å². The van der Waals surface area contributed by atoms with Crippen molar-refractivity contribution < 1.29 is 18.0 Å². The molecule has 41 heavy (non-hydrogen) atoms. The molecule has 1 saturated carbocycles. The summed E-state index contributed by atoms with van der Waals surface area (Å²) in [6.07, 6.45) is 8.11. The maximum atomic E-state index is 13.7. The van der Waals surface area contributed by atoms with E-state index in [1.165, 1.54) is 12.6 Å². The third kappa shape index (κ3) is 6.39. The maximum Gasteiger partial charge on any atom is 0.239 e. The van der Waals surface area contributed by atoms with Gasteiger partial charge in [0.1, 0.15) is 12.1 Å². The normalized spacial score (nSPS) is 18.2. The summed E-state index contributed by atoms with van der Waals surface area (Å²) >= 11 is 0. The van der Waals surface area contributed by atoms with Crippen molar-refractivity contribution in [1.82, 2.24) is 19.3 Å². The van der Waals surface area contributed by atoms with E-state index in [-0.39, 0.29) is 17.7 Å². The highest BCUT2D eigenvalue weighted by molar-refractivity contribution is 7.88. The van der Waals surface area contributed by atoms with Gasteiger partial charge in [-0.1, -0.05) is 48.5 Å². The topological polar surface area (TPSA) is 114 Å². The summed E-state index contributed by atoms with van der Waals surface area (Å²) in [5, 5.41) is 0.796. The van der Waals surface area contributed by atoms with Crippen LogP contribution in [0, 0.1) is 5.92 Å². The Morgan fingerprint density at radius 2 is 1.71 bits per heavy atom. The molecule has 0 aliphatic heterocycles. The van der Waals surface area contributed by atoms with Crippen molar-refractivity contribution >= 4 is 38.6 Å². The maximum absolute atomic E-state index is 13.7. The van der Waals surface area contributed by atoms with Gasteiger partial charge in [0.2, 0.25) is 15.9 Å².